The maximum absolute atomic E-state index is 11.5. The Labute approximate surface area is 112 Å². The summed E-state index contributed by atoms with van der Waals surface area (Å²) in [6, 6.07) is 0. The highest BCUT2D eigenvalue weighted by Crippen LogP contribution is 2.11. The Hall–Kier alpha value is -1.12. The number of aromatic nitrogens is 2. The van der Waals surface area contributed by atoms with Gasteiger partial charge in [0, 0.05) is 6.20 Å². The van der Waals surface area contributed by atoms with Crippen LogP contribution in [0.25, 0.3) is 0 Å². The molecular weight excluding hydrogens is 339 g/mol. The molecule has 6 nitrogen and oxygen atoms in total. The number of hydrogen-bond donors (Lipinski definition) is 0. The fourth-order valence-corrected chi connectivity index (χ4v) is 1.78. The number of rotatable bonds is 5. The van der Waals surface area contributed by atoms with Crippen molar-refractivity contribution in [3.05, 3.63) is 16.0 Å². The van der Waals surface area contributed by atoms with Crippen molar-refractivity contribution in [3.63, 3.8) is 0 Å². The van der Waals surface area contributed by atoms with Gasteiger partial charge in [0.15, 0.2) is 0 Å². The van der Waals surface area contributed by atoms with E-state index in [1.165, 1.54) is 14.2 Å². The van der Waals surface area contributed by atoms with Crippen LogP contribution in [0.3, 0.4) is 0 Å². The van der Waals surface area contributed by atoms with Crippen LogP contribution in [0, 0.1) is 9.49 Å². The Bertz CT molecular complexity index is 405. The molecule has 1 rings (SSSR count). The first kappa shape index (κ1) is 13.9. The van der Waals surface area contributed by atoms with Crippen molar-refractivity contribution in [2.24, 2.45) is 5.92 Å². The molecule has 0 amide bonds. The number of hydrogen-bond acceptors (Lipinski definition) is 5. The Morgan fingerprint density at radius 3 is 2.65 bits per heavy atom. The van der Waals surface area contributed by atoms with Crippen LogP contribution >= 0.6 is 22.6 Å². The molecule has 0 aliphatic heterocycles. The molecule has 1 unspecified atom stereocenters. The van der Waals surface area contributed by atoms with Crippen molar-refractivity contribution < 1.29 is 19.1 Å². The van der Waals surface area contributed by atoms with Crippen molar-refractivity contribution in [1.29, 1.82) is 0 Å². The highest BCUT2D eigenvalue weighted by atomic mass is 127. The van der Waals surface area contributed by atoms with Crippen molar-refractivity contribution in [2.75, 3.05) is 14.2 Å². The fraction of sp³-hybridized carbons (Fsp3) is 0.500. The first-order valence-electron chi connectivity index (χ1n) is 4.89. The number of carbonyl (C=O) groups excluding carboxylic acids is 2. The SMILES string of the molecule is COC(=O)CC(Cn1cc(I)cn1)C(=O)OC. The summed E-state index contributed by atoms with van der Waals surface area (Å²) in [5.74, 6) is -1.47. The van der Waals surface area contributed by atoms with Crippen molar-refractivity contribution in [2.45, 2.75) is 13.0 Å². The van der Waals surface area contributed by atoms with Gasteiger partial charge in [-0.25, -0.2) is 0 Å². The van der Waals surface area contributed by atoms with Gasteiger partial charge in [0.2, 0.25) is 0 Å². The van der Waals surface area contributed by atoms with Crippen LogP contribution in [0.1, 0.15) is 6.42 Å². The highest BCUT2D eigenvalue weighted by Gasteiger charge is 2.24. The molecule has 0 spiro atoms. The van der Waals surface area contributed by atoms with E-state index in [1.54, 1.807) is 17.1 Å². The molecule has 1 aromatic heterocycles. The molecular formula is C10H13IN2O4. The average molecular weight is 352 g/mol. The molecule has 0 fully saturated rings. The van der Waals surface area contributed by atoms with Gasteiger partial charge in [0.1, 0.15) is 0 Å². The molecule has 17 heavy (non-hydrogen) atoms. The number of esters is 2. The van der Waals surface area contributed by atoms with Gasteiger partial charge < -0.3 is 9.47 Å². The molecule has 0 N–H and O–H groups in total. The number of methoxy groups -OCH3 is 2. The number of carbonyl (C=O) groups is 2. The third kappa shape index (κ3) is 4.33. The summed E-state index contributed by atoms with van der Waals surface area (Å²) in [6.45, 7) is 0.296. The predicted octanol–water partition coefficient (Wildman–Crippen LogP) is 0.840. The van der Waals surface area contributed by atoms with Crippen molar-refractivity contribution >= 4 is 34.5 Å². The van der Waals surface area contributed by atoms with E-state index in [-0.39, 0.29) is 6.42 Å². The minimum atomic E-state index is -0.580. The second kappa shape index (κ2) is 6.58. The second-order valence-corrected chi connectivity index (χ2v) is 4.63. The zero-order chi connectivity index (χ0) is 12.8. The van der Waals surface area contributed by atoms with E-state index in [4.69, 9.17) is 0 Å². The number of nitrogens with zero attached hydrogens (tertiary/aromatic N) is 2. The summed E-state index contributed by atoms with van der Waals surface area (Å²) in [5, 5.41) is 4.05. The van der Waals surface area contributed by atoms with Gasteiger partial charge in [0.05, 0.1) is 42.9 Å². The minimum Gasteiger partial charge on any atom is -0.469 e. The molecule has 1 heterocycles. The van der Waals surface area contributed by atoms with Gasteiger partial charge in [-0.2, -0.15) is 5.10 Å². The van der Waals surface area contributed by atoms with Crippen LogP contribution in [0.15, 0.2) is 12.4 Å². The molecule has 7 heteroatoms. The van der Waals surface area contributed by atoms with Gasteiger partial charge >= 0.3 is 11.9 Å². The van der Waals surface area contributed by atoms with Crippen LogP contribution in [0.2, 0.25) is 0 Å². The van der Waals surface area contributed by atoms with Crippen molar-refractivity contribution in [3.8, 4) is 0 Å². The lowest BCUT2D eigenvalue weighted by atomic mass is 10.1. The summed E-state index contributed by atoms with van der Waals surface area (Å²) < 4.78 is 11.8. The van der Waals surface area contributed by atoms with E-state index in [1.807, 2.05) is 0 Å². The topological polar surface area (TPSA) is 70.4 Å². The molecule has 1 aromatic rings. The molecule has 0 saturated carbocycles. The van der Waals surface area contributed by atoms with Crippen molar-refractivity contribution in [1.82, 2.24) is 9.78 Å². The Kier molecular flexibility index (Phi) is 5.39. The van der Waals surface area contributed by atoms with E-state index in [0.717, 1.165) is 3.57 Å². The van der Waals surface area contributed by atoms with Crippen LogP contribution in [0.5, 0.6) is 0 Å². The summed E-state index contributed by atoms with van der Waals surface area (Å²) in [6.07, 6.45) is 3.44. The van der Waals surface area contributed by atoms with Gasteiger partial charge in [-0.05, 0) is 22.6 Å². The molecule has 94 valence electrons. The lowest BCUT2D eigenvalue weighted by molar-refractivity contribution is -0.152. The zero-order valence-corrected chi connectivity index (χ0v) is 11.7. The lowest BCUT2D eigenvalue weighted by Crippen LogP contribution is -2.25. The maximum Gasteiger partial charge on any atom is 0.311 e. The summed E-state index contributed by atoms with van der Waals surface area (Å²) in [5.41, 5.74) is 0. The third-order valence-electron chi connectivity index (χ3n) is 2.18. The van der Waals surface area contributed by atoms with E-state index >= 15 is 0 Å². The van der Waals surface area contributed by atoms with Gasteiger partial charge in [-0.1, -0.05) is 0 Å². The van der Waals surface area contributed by atoms with E-state index in [0.29, 0.717) is 6.54 Å². The first-order chi connectivity index (χ1) is 8.06. The van der Waals surface area contributed by atoms with E-state index in [9.17, 15) is 9.59 Å². The highest BCUT2D eigenvalue weighted by molar-refractivity contribution is 14.1. The van der Waals surface area contributed by atoms with Gasteiger partial charge in [-0.3, -0.25) is 14.3 Å². The number of halogens is 1. The molecule has 0 aliphatic rings. The zero-order valence-electron chi connectivity index (χ0n) is 9.55. The van der Waals surface area contributed by atoms with Crippen LogP contribution in [-0.2, 0) is 25.6 Å². The van der Waals surface area contributed by atoms with Crippen LogP contribution < -0.4 is 0 Å². The molecule has 0 aliphatic carbocycles. The molecule has 0 aromatic carbocycles. The monoisotopic (exact) mass is 352 g/mol. The molecule has 0 radical (unpaired) electrons. The minimum absolute atomic E-state index is 0.0143. The second-order valence-electron chi connectivity index (χ2n) is 3.38. The Balaban J connectivity index is 2.69. The standard InChI is InChI=1S/C10H13IN2O4/c1-16-9(14)3-7(10(15)17-2)5-13-6-8(11)4-12-13/h4,6-7H,3,5H2,1-2H3. The van der Waals surface area contributed by atoms with Gasteiger partial charge in [0.25, 0.3) is 0 Å². The van der Waals surface area contributed by atoms with E-state index < -0.39 is 17.9 Å². The average Bonchev–Trinajstić information content (AvgIpc) is 2.72. The third-order valence-corrected chi connectivity index (χ3v) is 2.74. The number of ether oxygens (including phenoxy) is 2. The summed E-state index contributed by atoms with van der Waals surface area (Å²) >= 11 is 2.12. The molecule has 0 bridgehead atoms. The summed E-state index contributed by atoms with van der Waals surface area (Å²) in [7, 11) is 2.58. The maximum atomic E-state index is 11.5. The lowest BCUT2D eigenvalue weighted by Gasteiger charge is -2.13. The van der Waals surface area contributed by atoms with Crippen LogP contribution in [0.4, 0.5) is 0 Å². The summed E-state index contributed by atoms with van der Waals surface area (Å²) in [4.78, 5) is 22.7. The smallest absolute Gasteiger partial charge is 0.311 e. The Morgan fingerprint density at radius 1 is 1.47 bits per heavy atom. The van der Waals surface area contributed by atoms with Crippen LogP contribution in [-0.4, -0.2) is 35.9 Å². The quantitative estimate of drug-likeness (QED) is 0.580. The van der Waals surface area contributed by atoms with E-state index in [2.05, 4.69) is 37.2 Å². The predicted molar refractivity (Wildman–Crippen MR) is 67.1 cm³/mol. The largest absolute Gasteiger partial charge is 0.469 e. The molecule has 0 saturated heterocycles. The van der Waals surface area contributed by atoms with Gasteiger partial charge in [-0.15, -0.1) is 0 Å². The first-order valence-corrected chi connectivity index (χ1v) is 5.97. The Morgan fingerprint density at radius 2 is 2.18 bits per heavy atom. The fourth-order valence-electron chi connectivity index (χ4n) is 1.34. The normalized spacial score (nSPS) is 11.9. The molecule has 1 atom stereocenters.